The van der Waals surface area contributed by atoms with Gasteiger partial charge < -0.3 is 30.2 Å². The number of benzene rings is 1. The van der Waals surface area contributed by atoms with E-state index in [1.807, 2.05) is 24.3 Å². The smallest absolute Gasteiger partial charge is 0.336 e. The second kappa shape index (κ2) is 14.5. The molecule has 43 heavy (non-hydrogen) atoms. The lowest BCUT2D eigenvalue weighted by Crippen LogP contribution is -2.50. The number of amides is 2. The van der Waals surface area contributed by atoms with Crippen molar-refractivity contribution in [1.29, 1.82) is 0 Å². The van der Waals surface area contributed by atoms with Crippen molar-refractivity contribution in [2.45, 2.75) is 37.3 Å². The number of likely N-dealkylation sites (N-methyl/N-ethyl adjacent to an activating group) is 1. The molecule has 4 rings (SSSR count). The highest BCUT2D eigenvalue weighted by molar-refractivity contribution is 6.03. The van der Waals surface area contributed by atoms with Gasteiger partial charge in [0.2, 0.25) is 11.8 Å². The topological polar surface area (TPSA) is 205 Å². The summed E-state index contributed by atoms with van der Waals surface area (Å²) in [6.07, 6.45) is 3.86. The van der Waals surface area contributed by atoms with Crippen molar-refractivity contribution in [3.63, 3.8) is 0 Å². The summed E-state index contributed by atoms with van der Waals surface area (Å²) in [5.74, 6) is -4.14. The van der Waals surface area contributed by atoms with Gasteiger partial charge in [0.05, 0.1) is 19.0 Å². The first-order valence-corrected chi connectivity index (χ1v) is 13.6. The third-order valence-corrected chi connectivity index (χ3v) is 7.14. The van der Waals surface area contributed by atoms with Crippen LogP contribution in [0.2, 0.25) is 0 Å². The van der Waals surface area contributed by atoms with Gasteiger partial charge in [-0.15, -0.1) is 0 Å². The van der Waals surface area contributed by atoms with Gasteiger partial charge in [-0.25, -0.2) is 9.78 Å². The van der Waals surface area contributed by atoms with E-state index in [0.717, 1.165) is 43.2 Å². The molecule has 1 saturated heterocycles. The molecular weight excluding hydrogens is 564 g/mol. The summed E-state index contributed by atoms with van der Waals surface area (Å²) in [4.78, 5) is 72.7. The third-order valence-electron chi connectivity index (χ3n) is 7.14. The number of aliphatic carboxylic acids is 3. The van der Waals surface area contributed by atoms with Gasteiger partial charge in [-0.3, -0.25) is 34.0 Å². The van der Waals surface area contributed by atoms with E-state index in [0.29, 0.717) is 19.4 Å². The fourth-order valence-corrected chi connectivity index (χ4v) is 4.93. The van der Waals surface area contributed by atoms with E-state index < -0.39 is 42.4 Å². The Labute approximate surface area is 248 Å². The molecule has 1 unspecified atom stereocenters. The van der Waals surface area contributed by atoms with Crippen molar-refractivity contribution in [1.82, 2.24) is 19.8 Å². The Morgan fingerprint density at radius 2 is 1.58 bits per heavy atom. The maximum Gasteiger partial charge on any atom is 0.336 e. The zero-order chi connectivity index (χ0) is 31.7. The molecule has 232 valence electrons. The second-order valence-corrected chi connectivity index (χ2v) is 10.5. The Bertz CT molecular complexity index is 1300. The number of carboxylic acid groups (broad SMARTS) is 3. The predicted molar refractivity (Wildman–Crippen MR) is 153 cm³/mol. The minimum absolute atomic E-state index is 0.0107. The van der Waals surface area contributed by atoms with Crippen LogP contribution < -0.4 is 9.80 Å². The first kappa shape index (κ1) is 32.9. The monoisotopic (exact) mass is 600 g/mol. The molecule has 0 saturated carbocycles. The summed E-state index contributed by atoms with van der Waals surface area (Å²) in [7, 11) is 3.48. The highest BCUT2D eigenvalue weighted by Gasteiger charge is 2.41. The first-order chi connectivity index (χ1) is 20.3. The molecule has 3 heterocycles. The molecule has 2 aliphatic rings. The summed E-state index contributed by atoms with van der Waals surface area (Å²) < 4.78 is 0. The number of piperazine rings is 1. The van der Waals surface area contributed by atoms with Gasteiger partial charge in [-0.2, -0.15) is 0 Å². The van der Waals surface area contributed by atoms with Gasteiger partial charge in [0.25, 0.3) is 0 Å². The molecule has 2 aliphatic heterocycles. The fraction of sp³-hybridized carbons (Fsp3) is 0.464. The summed E-state index contributed by atoms with van der Waals surface area (Å²) in [5, 5.41) is 33.8. The average Bonchev–Trinajstić information content (AvgIpc) is 3.35. The van der Waals surface area contributed by atoms with Gasteiger partial charge in [-0.05, 0) is 11.6 Å². The van der Waals surface area contributed by atoms with Crippen molar-refractivity contribution in [2.24, 2.45) is 0 Å². The maximum atomic E-state index is 13.2. The Balaban J connectivity index is 0.000000331. The highest BCUT2D eigenvalue weighted by Crippen LogP contribution is 2.33. The van der Waals surface area contributed by atoms with Gasteiger partial charge >= 0.3 is 17.9 Å². The van der Waals surface area contributed by atoms with E-state index in [-0.39, 0.29) is 11.8 Å². The molecule has 0 spiro atoms. The van der Waals surface area contributed by atoms with Crippen LogP contribution in [0.15, 0.2) is 42.9 Å². The van der Waals surface area contributed by atoms with E-state index in [4.69, 9.17) is 20.4 Å². The quantitative estimate of drug-likeness (QED) is 0.279. The zero-order valence-corrected chi connectivity index (χ0v) is 24.0. The number of hydrogen-bond acceptors (Lipinski definition) is 10. The number of aliphatic hydroxyl groups is 1. The van der Waals surface area contributed by atoms with Crippen LogP contribution in [0.1, 0.15) is 24.8 Å². The van der Waals surface area contributed by atoms with E-state index in [9.17, 15) is 24.0 Å². The standard InChI is InChI=1S/C22H28N6O2.C6H8O7/c1-25(2)22(30)19-15-17-5-3-4-6-18(17)28(19)21(29)7-10-26-11-13-27(14-12-26)20-16-23-8-9-24-20;7-3(8)1-6(13,5(11)12)2-4(9)10/h3-6,8-9,16,19H,7,10-15H2,1-2H3;13H,1-2H2,(H,7,8)(H,9,10)(H,11,12). The fourth-order valence-electron chi connectivity index (χ4n) is 4.93. The summed E-state index contributed by atoms with van der Waals surface area (Å²) in [6, 6.07) is 7.38. The maximum absolute atomic E-state index is 13.2. The van der Waals surface area contributed by atoms with E-state index in [2.05, 4.69) is 19.8 Å². The number of fused-ring (bicyclic) bond motifs is 1. The van der Waals surface area contributed by atoms with E-state index >= 15 is 0 Å². The Hall–Kier alpha value is -4.63. The number of para-hydroxylation sites is 1. The minimum atomic E-state index is -2.74. The lowest BCUT2D eigenvalue weighted by Gasteiger charge is -2.35. The van der Waals surface area contributed by atoms with Crippen LogP contribution in [0.3, 0.4) is 0 Å². The molecule has 1 aromatic heterocycles. The number of nitrogens with zero attached hydrogens (tertiary/aromatic N) is 6. The number of carboxylic acids is 3. The number of hydrogen-bond donors (Lipinski definition) is 4. The molecule has 0 radical (unpaired) electrons. The van der Waals surface area contributed by atoms with Crippen LogP contribution in [-0.4, -0.2) is 128 Å². The zero-order valence-electron chi connectivity index (χ0n) is 24.0. The van der Waals surface area contributed by atoms with Gasteiger partial charge in [-0.1, -0.05) is 18.2 Å². The second-order valence-electron chi connectivity index (χ2n) is 10.5. The summed E-state index contributed by atoms with van der Waals surface area (Å²) in [6.45, 7) is 4.16. The van der Waals surface area contributed by atoms with Crippen LogP contribution in [0.5, 0.6) is 0 Å². The normalized spacial score (nSPS) is 16.5. The van der Waals surface area contributed by atoms with E-state index in [1.165, 1.54) is 0 Å². The number of rotatable bonds is 10. The summed E-state index contributed by atoms with van der Waals surface area (Å²) in [5.41, 5.74) is -0.809. The molecule has 2 amide bonds. The summed E-state index contributed by atoms with van der Waals surface area (Å²) >= 11 is 0. The highest BCUT2D eigenvalue weighted by atomic mass is 16.4. The SMILES string of the molecule is CN(C)C(=O)C1Cc2ccccc2N1C(=O)CCN1CCN(c2cnccn2)CC1.O=C(O)CC(O)(CC(=O)O)C(=O)O. The van der Waals surface area contributed by atoms with E-state index in [1.54, 1.807) is 42.5 Å². The molecule has 0 bridgehead atoms. The molecular formula is C28H36N6O9. The molecule has 2 aromatic rings. The van der Waals surface area contributed by atoms with Gasteiger partial charge in [0.15, 0.2) is 5.60 Å². The van der Waals surface area contributed by atoms with Crippen LogP contribution in [0.4, 0.5) is 11.5 Å². The number of anilines is 2. The lowest BCUT2D eigenvalue weighted by molar-refractivity contribution is -0.170. The lowest BCUT2D eigenvalue weighted by atomic mass is 9.96. The Kier molecular flexibility index (Phi) is 11.1. The van der Waals surface area contributed by atoms with Crippen molar-refractivity contribution in [3.05, 3.63) is 48.4 Å². The largest absolute Gasteiger partial charge is 0.481 e. The molecule has 15 nitrogen and oxygen atoms in total. The predicted octanol–water partition coefficient (Wildman–Crippen LogP) is -0.214. The van der Waals surface area contributed by atoms with Crippen molar-refractivity contribution >= 4 is 41.2 Å². The van der Waals surface area contributed by atoms with Crippen molar-refractivity contribution in [3.8, 4) is 0 Å². The molecule has 4 N–H and O–H groups in total. The van der Waals surface area contributed by atoms with Crippen LogP contribution in [0.25, 0.3) is 0 Å². The average molecular weight is 601 g/mol. The molecule has 1 fully saturated rings. The first-order valence-electron chi connectivity index (χ1n) is 13.6. The van der Waals surface area contributed by atoms with Crippen molar-refractivity contribution in [2.75, 3.05) is 56.6 Å². The molecule has 15 heteroatoms. The van der Waals surface area contributed by atoms with Gasteiger partial charge in [0.1, 0.15) is 11.9 Å². The van der Waals surface area contributed by atoms with Crippen molar-refractivity contribution < 1.29 is 44.4 Å². The van der Waals surface area contributed by atoms with Crippen LogP contribution >= 0.6 is 0 Å². The number of carbonyl (C=O) groups is 5. The van der Waals surface area contributed by atoms with Gasteiger partial charge in [0, 0.05) is 77.7 Å². The third kappa shape index (κ3) is 8.68. The van der Waals surface area contributed by atoms with Crippen LogP contribution in [0, 0.1) is 0 Å². The molecule has 1 atom stereocenters. The molecule has 0 aliphatic carbocycles. The minimum Gasteiger partial charge on any atom is -0.481 e. The molecule has 1 aromatic carbocycles. The Morgan fingerprint density at radius 1 is 0.953 bits per heavy atom. The Morgan fingerprint density at radius 3 is 2.12 bits per heavy atom. The number of carbonyl (C=O) groups excluding carboxylic acids is 2. The van der Waals surface area contributed by atoms with Crippen LogP contribution in [-0.2, 0) is 30.4 Å². The number of aromatic nitrogens is 2.